The Labute approximate surface area is 122 Å². The minimum absolute atomic E-state index is 0.211. The topological polar surface area (TPSA) is 39.2 Å². The van der Waals surface area contributed by atoms with Crippen molar-refractivity contribution in [2.75, 3.05) is 7.11 Å². The lowest BCUT2D eigenvalue weighted by molar-refractivity contribution is -0.139. The second kappa shape index (κ2) is 5.64. The molecule has 2 aromatic rings. The summed E-state index contributed by atoms with van der Waals surface area (Å²) in [7, 11) is 1.38. The molecule has 3 rings (SSSR count). The first-order valence-electron chi connectivity index (χ1n) is 6.99. The normalized spacial score (nSPS) is 14.0. The summed E-state index contributed by atoms with van der Waals surface area (Å²) in [6.07, 6.45) is 3.93. The van der Waals surface area contributed by atoms with Crippen LogP contribution in [0.15, 0.2) is 36.5 Å². The molecule has 1 aromatic heterocycles. The second-order valence-corrected chi connectivity index (χ2v) is 5.27. The summed E-state index contributed by atoms with van der Waals surface area (Å²) in [5.41, 5.74) is 3.74. The number of hydrogen-bond acceptors (Lipinski definition) is 3. The Morgan fingerprint density at radius 2 is 2.19 bits per heavy atom. The van der Waals surface area contributed by atoms with Crippen molar-refractivity contribution < 1.29 is 13.9 Å². The highest BCUT2D eigenvalue weighted by Crippen LogP contribution is 2.44. The molecule has 0 amide bonds. The number of nitrogens with zero attached hydrogens (tertiary/aromatic N) is 1. The van der Waals surface area contributed by atoms with Gasteiger partial charge < -0.3 is 4.74 Å². The number of methoxy groups -OCH3 is 1. The van der Waals surface area contributed by atoms with Crippen LogP contribution in [0.25, 0.3) is 11.1 Å². The fourth-order valence-corrected chi connectivity index (χ4v) is 2.64. The molecule has 1 aliphatic carbocycles. The average Bonchev–Trinajstić information content (AvgIpc) is 3.32. The van der Waals surface area contributed by atoms with Gasteiger partial charge in [-0.15, -0.1) is 0 Å². The largest absolute Gasteiger partial charge is 0.469 e. The summed E-state index contributed by atoms with van der Waals surface area (Å²) in [6, 6.07) is 9.08. The van der Waals surface area contributed by atoms with Gasteiger partial charge in [-0.05, 0) is 47.1 Å². The van der Waals surface area contributed by atoms with Gasteiger partial charge >= 0.3 is 5.97 Å². The maximum absolute atomic E-state index is 13.4. The van der Waals surface area contributed by atoms with Crippen molar-refractivity contribution in [3.8, 4) is 11.1 Å². The third-order valence-electron chi connectivity index (χ3n) is 3.82. The van der Waals surface area contributed by atoms with Crippen LogP contribution < -0.4 is 0 Å². The maximum atomic E-state index is 13.4. The van der Waals surface area contributed by atoms with Gasteiger partial charge in [-0.3, -0.25) is 4.79 Å². The molecule has 0 spiro atoms. The molecule has 108 valence electrons. The van der Waals surface area contributed by atoms with Gasteiger partial charge in [0.05, 0.1) is 13.5 Å². The highest BCUT2D eigenvalue weighted by molar-refractivity contribution is 5.79. The number of carbonyl (C=O) groups excluding carboxylic acids is 1. The number of aromatic nitrogens is 1. The van der Waals surface area contributed by atoms with Crippen molar-refractivity contribution in [2.24, 2.45) is 0 Å². The summed E-state index contributed by atoms with van der Waals surface area (Å²) >= 11 is 0. The van der Waals surface area contributed by atoms with E-state index in [0.29, 0.717) is 5.92 Å². The number of hydrogen-bond donors (Lipinski definition) is 0. The molecule has 0 aliphatic heterocycles. The molecule has 0 unspecified atom stereocenters. The first kappa shape index (κ1) is 13.7. The van der Waals surface area contributed by atoms with Gasteiger partial charge in [-0.2, -0.15) is 4.39 Å². The van der Waals surface area contributed by atoms with E-state index in [-0.39, 0.29) is 12.4 Å². The van der Waals surface area contributed by atoms with E-state index in [1.807, 2.05) is 12.1 Å². The molecule has 0 N–H and O–H groups in total. The SMILES string of the molecule is COC(=O)Cc1c(-c2ccnc(F)c2)cccc1C1CC1. The molecule has 4 heteroatoms. The average molecular weight is 285 g/mol. The minimum Gasteiger partial charge on any atom is -0.469 e. The number of carbonyl (C=O) groups is 1. The van der Waals surface area contributed by atoms with Gasteiger partial charge in [0.25, 0.3) is 0 Å². The molecule has 0 radical (unpaired) electrons. The van der Waals surface area contributed by atoms with Crippen LogP contribution in [-0.4, -0.2) is 18.1 Å². The van der Waals surface area contributed by atoms with Crippen LogP contribution in [-0.2, 0) is 16.0 Å². The molecule has 1 aromatic carbocycles. The summed E-state index contributed by atoms with van der Waals surface area (Å²) in [5.74, 6) is -0.288. The zero-order valence-electron chi connectivity index (χ0n) is 11.8. The van der Waals surface area contributed by atoms with Crippen LogP contribution in [0, 0.1) is 5.95 Å². The number of ether oxygens (including phenoxy) is 1. The van der Waals surface area contributed by atoms with E-state index in [9.17, 15) is 9.18 Å². The third-order valence-corrected chi connectivity index (χ3v) is 3.82. The Balaban J connectivity index is 2.10. The van der Waals surface area contributed by atoms with Crippen LogP contribution in [0.1, 0.15) is 29.9 Å². The number of pyridine rings is 1. The minimum atomic E-state index is -0.520. The predicted molar refractivity (Wildman–Crippen MR) is 77.3 cm³/mol. The van der Waals surface area contributed by atoms with Gasteiger partial charge in [0, 0.05) is 12.3 Å². The monoisotopic (exact) mass is 285 g/mol. The summed E-state index contributed by atoms with van der Waals surface area (Å²) < 4.78 is 18.2. The Morgan fingerprint density at radius 3 is 2.86 bits per heavy atom. The maximum Gasteiger partial charge on any atom is 0.310 e. The van der Waals surface area contributed by atoms with E-state index in [1.165, 1.54) is 24.9 Å². The van der Waals surface area contributed by atoms with Crippen LogP contribution in [0.4, 0.5) is 4.39 Å². The second-order valence-electron chi connectivity index (χ2n) is 5.27. The van der Waals surface area contributed by atoms with Crippen molar-refractivity contribution in [3.05, 3.63) is 53.6 Å². The molecule has 0 bridgehead atoms. The first-order chi connectivity index (χ1) is 10.2. The van der Waals surface area contributed by atoms with Crippen molar-refractivity contribution in [1.82, 2.24) is 4.98 Å². The molecule has 1 saturated carbocycles. The molecule has 1 aliphatic rings. The van der Waals surface area contributed by atoms with Crippen LogP contribution in [0.5, 0.6) is 0 Å². The van der Waals surface area contributed by atoms with Gasteiger partial charge in [0.2, 0.25) is 5.95 Å². The highest BCUT2D eigenvalue weighted by atomic mass is 19.1. The van der Waals surface area contributed by atoms with Crippen LogP contribution in [0.3, 0.4) is 0 Å². The lowest BCUT2D eigenvalue weighted by atomic mass is 9.91. The van der Waals surface area contributed by atoms with E-state index in [0.717, 1.165) is 29.5 Å². The lowest BCUT2D eigenvalue weighted by Gasteiger charge is -2.14. The Kier molecular flexibility index (Phi) is 3.69. The molecule has 1 fully saturated rings. The summed E-state index contributed by atoms with van der Waals surface area (Å²) in [6.45, 7) is 0. The van der Waals surface area contributed by atoms with Gasteiger partial charge in [0.1, 0.15) is 0 Å². The zero-order valence-corrected chi connectivity index (χ0v) is 11.8. The summed E-state index contributed by atoms with van der Waals surface area (Å²) in [4.78, 5) is 15.3. The third kappa shape index (κ3) is 2.94. The fraction of sp³-hybridized carbons (Fsp3) is 0.294. The quantitative estimate of drug-likeness (QED) is 0.637. The predicted octanol–water partition coefficient (Wildman–Crippen LogP) is 3.48. The highest BCUT2D eigenvalue weighted by Gasteiger charge is 2.28. The van der Waals surface area contributed by atoms with E-state index < -0.39 is 5.95 Å². The van der Waals surface area contributed by atoms with Crippen molar-refractivity contribution in [2.45, 2.75) is 25.2 Å². The molecule has 0 saturated heterocycles. The number of halogens is 1. The standard InChI is InChI=1S/C17H16FNO2/c1-21-17(20)10-15-13(11-5-6-11)3-2-4-14(15)12-7-8-19-16(18)9-12/h2-4,7-9,11H,5-6,10H2,1H3. The molecular formula is C17H16FNO2. The van der Waals surface area contributed by atoms with E-state index in [4.69, 9.17) is 4.74 Å². The fourth-order valence-electron chi connectivity index (χ4n) is 2.64. The molecule has 21 heavy (non-hydrogen) atoms. The van der Waals surface area contributed by atoms with Crippen LogP contribution in [0.2, 0.25) is 0 Å². The molecule has 0 atom stereocenters. The molecule has 3 nitrogen and oxygen atoms in total. The summed E-state index contributed by atoms with van der Waals surface area (Å²) in [5, 5.41) is 0. The molecular weight excluding hydrogens is 269 g/mol. The van der Waals surface area contributed by atoms with E-state index >= 15 is 0 Å². The number of rotatable bonds is 4. The van der Waals surface area contributed by atoms with E-state index in [1.54, 1.807) is 6.07 Å². The van der Waals surface area contributed by atoms with Gasteiger partial charge in [0.15, 0.2) is 0 Å². The lowest BCUT2D eigenvalue weighted by Crippen LogP contribution is -2.08. The van der Waals surface area contributed by atoms with E-state index in [2.05, 4.69) is 11.1 Å². The van der Waals surface area contributed by atoms with Crippen LogP contribution >= 0.6 is 0 Å². The van der Waals surface area contributed by atoms with Crippen molar-refractivity contribution in [1.29, 1.82) is 0 Å². The Bertz CT molecular complexity index is 680. The van der Waals surface area contributed by atoms with Gasteiger partial charge in [-0.25, -0.2) is 4.98 Å². The number of esters is 1. The first-order valence-corrected chi connectivity index (χ1v) is 6.99. The molecule has 1 heterocycles. The smallest absolute Gasteiger partial charge is 0.310 e. The van der Waals surface area contributed by atoms with Crippen molar-refractivity contribution in [3.63, 3.8) is 0 Å². The number of benzene rings is 1. The zero-order chi connectivity index (χ0) is 14.8. The van der Waals surface area contributed by atoms with Gasteiger partial charge in [-0.1, -0.05) is 18.2 Å². The Hall–Kier alpha value is -2.23. The Morgan fingerprint density at radius 1 is 1.38 bits per heavy atom. The van der Waals surface area contributed by atoms with Crippen molar-refractivity contribution >= 4 is 5.97 Å².